The predicted octanol–water partition coefficient (Wildman–Crippen LogP) is 19.8. The molecule has 2 heterocycles. The van der Waals surface area contributed by atoms with E-state index in [4.69, 9.17) is 4.42 Å². The number of fused-ring (bicyclic) bond motifs is 18. The monoisotopic (exact) mass is 958 g/mol. The van der Waals surface area contributed by atoms with Crippen LogP contribution in [0, 0.1) is 0 Å². The van der Waals surface area contributed by atoms with Crippen molar-refractivity contribution in [2.24, 2.45) is 0 Å². The molecule has 0 saturated heterocycles. The van der Waals surface area contributed by atoms with E-state index in [1.54, 1.807) is 0 Å². The van der Waals surface area contributed by atoms with Crippen LogP contribution < -0.4 is 9.80 Å². The van der Waals surface area contributed by atoms with Crippen LogP contribution in [-0.4, -0.2) is 0 Å². The molecule has 0 aliphatic heterocycles. The van der Waals surface area contributed by atoms with Gasteiger partial charge in [0, 0.05) is 64.8 Å². The van der Waals surface area contributed by atoms with E-state index in [-0.39, 0.29) is 10.8 Å². The van der Waals surface area contributed by atoms with Gasteiger partial charge in [0.25, 0.3) is 0 Å². The largest absolute Gasteiger partial charge is 0.454 e. The summed E-state index contributed by atoms with van der Waals surface area (Å²) in [7, 11) is 0. The second kappa shape index (κ2) is 15.9. The summed E-state index contributed by atoms with van der Waals surface area (Å²) in [5, 5.41) is 4.75. The molecule has 352 valence electrons. The third-order valence-corrected chi connectivity index (χ3v) is 16.9. The van der Waals surface area contributed by atoms with Crippen molar-refractivity contribution in [2.45, 2.75) is 57.8 Å². The maximum Gasteiger partial charge on any atom is 0.160 e. The van der Waals surface area contributed by atoms with Crippen molar-refractivity contribution in [1.82, 2.24) is 0 Å². The molecule has 0 bridgehead atoms. The molecule has 4 heteroatoms. The molecule has 1 spiro atoms. The van der Waals surface area contributed by atoms with Crippen LogP contribution in [0.4, 0.5) is 34.1 Å². The second-order valence-corrected chi connectivity index (χ2v) is 23.1. The van der Waals surface area contributed by atoms with E-state index in [0.29, 0.717) is 0 Å². The molecule has 0 N–H and O–H groups in total. The number of hydrogen-bond donors (Lipinski definition) is 0. The third-order valence-electron chi connectivity index (χ3n) is 15.8. The maximum atomic E-state index is 7.35. The highest BCUT2D eigenvalue weighted by Crippen LogP contribution is 2.68. The van der Waals surface area contributed by atoms with Crippen LogP contribution >= 0.6 is 11.3 Å². The zero-order chi connectivity index (χ0) is 49.4. The molecule has 14 rings (SSSR count). The normalized spacial score (nSPS) is 13.5. The van der Waals surface area contributed by atoms with Gasteiger partial charge in [-0.3, -0.25) is 0 Å². The van der Waals surface area contributed by atoms with Gasteiger partial charge in [-0.25, -0.2) is 0 Å². The van der Waals surface area contributed by atoms with E-state index in [9.17, 15) is 0 Å². The minimum Gasteiger partial charge on any atom is -0.454 e. The van der Waals surface area contributed by atoms with E-state index >= 15 is 0 Å². The lowest BCUT2D eigenvalue weighted by molar-refractivity contribution is 0.590. The topological polar surface area (TPSA) is 19.6 Å². The van der Waals surface area contributed by atoms with E-state index in [2.05, 4.69) is 270 Å². The van der Waals surface area contributed by atoms with Crippen LogP contribution in [-0.2, 0) is 16.2 Å². The summed E-state index contributed by atoms with van der Waals surface area (Å²) < 4.78 is 9.89. The molecule has 2 aromatic heterocycles. The molecule has 0 atom stereocenters. The Kier molecular flexibility index (Phi) is 9.50. The van der Waals surface area contributed by atoms with Crippen molar-refractivity contribution in [1.29, 1.82) is 0 Å². The smallest absolute Gasteiger partial charge is 0.160 e. The molecule has 2 aliphatic rings. The number of rotatable bonds is 6. The first-order valence-electron chi connectivity index (χ1n) is 25.6. The lowest BCUT2D eigenvalue weighted by Gasteiger charge is -2.34. The first-order chi connectivity index (χ1) is 35.5. The van der Waals surface area contributed by atoms with Gasteiger partial charge < -0.3 is 14.2 Å². The number of furan rings is 1. The van der Waals surface area contributed by atoms with Crippen molar-refractivity contribution in [3.05, 3.63) is 252 Å². The molecule has 0 fully saturated rings. The molecule has 0 saturated carbocycles. The summed E-state index contributed by atoms with van der Waals surface area (Å²) in [4.78, 5) is 4.95. The van der Waals surface area contributed by atoms with Crippen LogP contribution in [0.3, 0.4) is 0 Å². The zero-order valence-electron chi connectivity index (χ0n) is 42.0. The summed E-state index contributed by atoms with van der Waals surface area (Å²) in [6.07, 6.45) is 0. The van der Waals surface area contributed by atoms with Gasteiger partial charge in [-0.05, 0) is 128 Å². The molecular weight excluding hydrogens is 905 g/mol. The molecule has 3 nitrogen and oxygen atoms in total. The van der Waals surface area contributed by atoms with E-state index in [1.165, 1.54) is 75.8 Å². The van der Waals surface area contributed by atoms with Gasteiger partial charge in [-0.2, -0.15) is 0 Å². The Morgan fingerprint density at radius 1 is 0.397 bits per heavy atom. The molecule has 0 radical (unpaired) electrons. The number of benzene rings is 10. The molecule has 2 aliphatic carbocycles. The Bertz CT molecular complexity index is 4100. The van der Waals surface area contributed by atoms with Crippen LogP contribution in [0.1, 0.15) is 74.9 Å². The van der Waals surface area contributed by atoms with Gasteiger partial charge in [0.15, 0.2) is 5.58 Å². The Morgan fingerprint density at radius 2 is 0.849 bits per heavy atom. The zero-order valence-corrected chi connectivity index (χ0v) is 42.8. The Morgan fingerprint density at radius 3 is 1.42 bits per heavy atom. The van der Waals surface area contributed by atoms with E-state index in [1.807, 2.05) is 11.3 Å². The summed E-state index contributed by atoms with van der Waals surface area (Å²) in [5.74, 6) is 0. The van der Waals surface area contributed by atoms with Crippen molar-refractivity contribution in [3.63, 3.8) is 0 Å². The fraction of sp³-hybridized carbons (Fsp3) is 0.130. The first kappa shape index (κ1) is 43.6. The average molecular weight is 959 g/mol. The summed E-state index contributed by atoms with van der Waals surface area (Å²) in [6, 6.07) is 81.5. The van der Waals surface area contributed by atoms with Crippen molar-refractivity contribution in [2.75, 3.05) is 9.80 Å². The summed E-state index contributed by atoms with van der Waals surface area (Å²) >= 11 is 1.92. The molecule has 12 aromatic rings. The lowest BCUT2D eigenvalue weighted by Crippen LogP contribution is -2.26. The van der Waals surface area contributed by atoms with E-state index in [0.717, 1.165) is 56.1 Å². The highest BCUT2D eigenvalue weighted by molar-refractivity contribution is 7.26. The standard InChI is InChI=1S/C69H54N2OS/c1-67(2,3)43-33-37-47(38-34-43)70(45-21-9-7-10-22-45)57-41-56-64(66-61(57)52-28-16-20-32-60(52)73-66)63-55(69(56)53-29-17-13-25-49(53)50-26-14-18-30-54(50)69)42-58(65-62(63)51-27-15-19-31-59(51)72-65)71(46-23-11-8-12-24-46)48-39-35-44(36-40-48)68(4,5)6/h7-42H,1-6H3. The van der Waals surface area contributed by atoms with Crippen LogP contribution in [0.15, 0.2) is 223 Å². The third kappa shape index (κ3) is 6.36. The van der Waals surface area contributed by atoms with Crippen LogP contribution in [0.25, 0.3) is 64.4 Å². The Hall–Kier alpha value is -8.18. The Balaban J connectivity index is 1.18. The van der Waals surface area contributed by atoms with Gasteiger partial charge in [-0.15, -0.1) is 11.3 Å². The molecule has 10 aromatic carbocycles. The summed E-state index contributed by atoms with van der Waals surface area (Å²) in [5.41, 5.74) is 20.4. The molecule has 73 heavy (non-hydrogen) atoms. The number of para-hydroxylation sites is 3. The predicted molar refractivity (Wildman–Crippen MR) is 310 cm³/mol. The fourth-order valence-electron chi connectivity index (χ4n) is 12.4. The number of nitrogens with zero attached hydrogens (tertiary/aromatic N) is 2. The van der Waals surface area contributed by atoms with Crippen LogP contribution in [0.2, 0.25) is 0 Å². The highest BCUT2D eigenvalue weighted by atomic mass is 32.1. The summed E-state index contributed by atoms with van der Waals surface area (Å²) in [6.45, 7) is 13.7. The van der Waals surface area contributed by atoms with Gasteiger partial charge in [-0.1, -0.05) is 187 Å². The van der Waals surface area contributed by atoms with Gasteiger partial charge in [0.05, 0.1) is 16.8 Å². The van der Waals surface area contributed by atoms with Gasteiger partial charge >= 0.3 is 0 Å². The van der Waals surface area contributed by atoms with Crippen molar-refractivity contribution in [3.8, 4) is 22.3 Å². The van der Waals surface area contributed by atoms with Crippen LogP contribution in [0.5, 0.6) is 0 Å². The van der Waals surface area contributed by atoms with Crippen molar-refractivity contribution < 1.29 is 4.42 Å². The molecule has 0 amide bonds. The number of anilines is 6. The second-order valence-electron chi connectivity index (χ2n) is 22.0. The van der Waals surface area contributed by atoms with E-state index < -0.39 is 5.41 Å². The number of thiophene rings is 1. The van der Waals surface area contributed by atoms with Gasteiger partial charge in [0.2, 0.25) is 0 Å². The molecular formula is C69H54N2OS. The quantitative estimate of drug-likeness (QED) is 0.166. The highest BCUT2D eigenvalue weighted by Gasteiger charge is 2.54. The first-order valence-corrected chi connectivity index (χ1v) is 26.4. The van der Waals surface area contributed by atoms with Crippen molar-refractivity contribution >= 4 is 87.6 Å². The molecule has 0 unspecified atom stereocenters. The average Bonchev–Trinajstić information content (AvgIpc) is 4.15. The maximum absolute atomic E-state index is 7.35. The fourth-order valence-corrected chi connectivity index (χ4v) is 13.7. The SMILES string of the molecule is CC(C)(C)c1ccc(N(c2ccccc2)c2cc3c(c4c2oc2ccccc24)-c2c(cc(N(c4ccccc4)c4ccc(C(C)(C)C)cc4)c4c2sc2ccccc24)C32c3ccccc3-c3ccccc32)cc1. The van der Waals surface area contributed by atoms with Gasteiger partial charge in [0.1, 0.15) is 5.58 Å². The lowest BCUT2D eigenvalue weighted by atomic mass is 9.70. The number of hydrogen-bond acceptors (Lipinski definition) is 4. The Labute approximate surface area is 431 Å². The minimum atomic E-state index is -0.713. The minimum absolute atomic E-state index is 0.000155.